The molecule has 0 saturated carbocycles. The number of fused-ring (bicyclic) bond motifs is 7. The zero-order valence-electron chi connectivity index (χ0n) is 37.7. The van der Waals surface area contributed by atoms with Crippen LogP contribution in [0.4, 0.5) is 0 Å². The topological polar surface area (TPSA) is 0 Å². The maximum absolute atomic E-state index is 2.61. The molecule has 0 heterocycles. The van der Waals surface area contributed by atoms with Gasteiger partial charge in [0, 0.05) is 40.9 Å². The highest BCUT2D eigenvalue weighted by Gasteiger charge is 2.42. The van der Waals surface area contributed by atoms with E-state index < -0.39 is 0 Å². The number of allylic oxidation sites excluding steroid dienone is 28. The molecule has 0 fully saturated rings. The fourth-order valence-electron chi connectivity index (χ4n) is 13.8. The quantitative estimate of drug-likeness (QED) is 0.240. The Morgan fingerprint density at radius 1 is 0.400 bits per heavy atom. The minimum atomic E-state index is 0.0119. The predicted molar refractivity (Wildman–Crippen MR) is 273 cm³/mol. The largest absolute Gasteiger partial charge is 0.0842 e. The second-order valence-corrected chi connectivity index (χ2v) is 20.2. The SMILES string of the molecule is CC1(C)C2=C(CCC(C3=c4ccccc4=C(C4=CC=C(C5=CC=C(C6=c7ccccc7=C(C7=CC=CCC7)C7C=CC=CC67)C6C=CC=CC56)CC4)C4C=CC=CC34)=C2)c2ccccc21. The van der Waals surface area contributed by atoms with Gasteiger partial charge in [-0.1, -0.05) is 208 Å². The van der Waals surface area contributed by atoms with Gasteiger partial charge < -0.3 is 0 Å². The monoisotopic (exact) mass is 836 g/mol. The van der Waals surface area contributed by atoms with Crippen LogP contribution >= 0.6 is 0 Å². The van der Waals surface area contributed by atoms with Crippen LogP contribution in [0.1, 0.15) is 63.5 Å². The summed E-state index contributed by atoms with van der Waals surface area (Å²) in [5.41, 5.74) is 21.1. The molecule has 10 aliphatic carbocycles. The molecule has 65 heavy (non-hydrogen) atoms. The Morgan fingerprint density at radius 3 is 1.48 bits per heavy atom. The molecule has 0 N–H and O–H groups in total. The second kappa shape index (κ2) is 15.3. The van der Waals surface area contributed by atoms with Crippen LogP contribution in [0.5, 0.6) is 0 Å². The fourth-order valence-corrected chi connectivity index (χ4v) is 13.8. The summed E-state index contributed by atoms with van der Waals surface area (Å²) in [6.45, 7) is 4.86. The van der Waals surface area contributed by atoms with Crippen LogP contribution in [0.25, 0.3) is 27.9 Å². The number of rotatable bonds is 5. The first kappa shape index (κ1) is 38.9. The van der Waals surface area contributed by atoms with E-state index >= 15 is 0 Å². The molecule has 0 spiro atoms. The lowest BCUT2D eigenvalue weighted by molar-refractivity contribution is 0.585. The third-order valence-corrected chi connectivity index (χ3v) is 16.7. The number of hydrogen-bond acceptors (Lipinski definition) is 0. The van der Waals surface area contributed by atoms with Crippen LogP contribution in [0.3, 0.4) is 0 Å². The van der Waals surface area contributed by atoms with Crippen molar-refractivity contribution in [2.24, 2.45) is 35.5 Å². The van der Waals surface area contributed by atoms with E-state index in [1.54, 1.807) is 11.1 Å². The van der Waals surface area contributed by atoms with E-state index in [1.807, 2.05) is 0 Å². The van der Waals surface area contributed by atoms with Crippen molar-refractivity contribution in [1.29, 1.82) is 0 Å². The summed E-state index contributed by atoms with van der Waals surface area (Å²) in [5.74, 6) is 1.90. The maximum Gasteiger partial charge on any atom is 0.0155 e. The molecular weight excluding hydrogens is 781 g/mol. The fraction of sp³-hybridized carbons (Fsp3) is 0.231. The molecule has 0 aromatic heterocycles. The van der Waals surface area contributed by atoms with Gasteiger partial charge in [0.05, 0.1) is 0 Å². The molecule has 3 aromatic rings. The lowest BCUT2D eigenvalue weighted by atomic mass is 9.63. The van der Waals surface area contributed by atoms with Crippen molar-refractivity contribution in [2.75, 3.05) is 0 Å². The third kappa shape index (κ3) is 6.02. The van der Waals surface area contributed by atoms with Gasteiger partial charge >= 0.3 is 0 Å². The highest BCUT2D eigenvalue weighted by molar-refractivity contribution is 5.88. The maximum atomic E-state index is 2.61. The van der Waals surface area contributed by atoms with Crippen molar-refractivity contribution >= 4 is 27.9 Å². The Labute approximate surface area is 384 Å². The highest BCUT2D eigenvalue weighted by atomic mass is 14.4. The first-order chi connectivity index (χ1) is 32.0. The Bertz CT molecular complexity index is 3350. The number of hydrogen-bond donors (Lipinski definition) is 0. The van der Waals surface area contributed by atoms with Crippen LogP contribution < -0.4 is 20.9 Å². The summed E-state index contributed by atoms with van der Waals surface area (Å²) in [4.78, 5) is 0. The molecular formula is C65H56. The smallest absolute Gasteiger partial charge is 0.0155 e. The molecule has 0 bridgehead atoms. The third-order valence-electron chi connectivity index (χ3n) is 16.7. The molecule has 0 nitrogen and oxygen atoms in total. The van der Waals surface area contributed by atoms with Crippen molar-refractivity contribution in [3.8, 4) is 0 Å². The summed E-state index contributed by atoms with van der Waals surface area (Å²) in [5, 5.41) is 5.70. The summed E-state index contributed by atoms with van der Waals surface area (Å²) >= 11 is 0. The first-order valence-electron chi connectivity index (χ1n) is 24.5. The minimum Gasteiger partial charge on any atom is -0.0842 e. The van der Waals surface area contributed by atoms with Crippen LogP contribution in [0.15, 0.2) is 233 Å². The molecule has 0 amide bonds. The lowest BCUT2D eigenvalue weighted by Gasteiger charge is -2.40. The minimum absolute atomic E-state index is 0.0119. The number of benzene rings is 3. The normalized spacial score (nSPS) is 28.5. The van der Waals surface area contributed by atoms with Gasteiger partial charge in [0.1, 0.15) is 0 Å². The van der Waals surface area contributed by atoms with Gasteiger partial charge in [0.15, 0.2) is 0 Å². The Morgan fingerprint density at radius 2 is 0.877 bits per heavy atom. The molecule has 0 aliphatic heterocycles. The van der Waals surface area contributed by atoms with E-state index in [1.165, 1.54) is 87.7 Å². The summed E-state index contributed by atoms with van der Waals surface area (Å²) in [6.07, 6.45) is 54.8. The van der Waals surface area contributed by atoms with Gasteiger partial charge in [-0.15, -0.1) is 0 Å². The zero-order valence-corrected chi connectivity index (χ0v) is 37.7. The summed E-state index contributed by atoms with van der Waals surface area (Å²) < 4.78 is 0. The van der Waals surface area contributed by atoms with E-state index in [-0.39, 0.29) is 5.41 Å². The molecule has 10 aliphatic rings. The molecule has 0 saturated heterocycles. The van der Waals surface area contributed by atoms with E-state index in [0.29, 0.717) is 35.5 Å². The van der Waals surface area contributed by atoms with Crippen molar-refractivity contribution in [3.05, 3.63) is 265 Å². The first-order valence-corrected chi connectivity index (χ1v) is 24.5. The van der Waals surface area contributed by atoms with Gasteiger partial charge in [0.2, 0.25) is 0 Å². The molecule has 6 atom stereocenters. The Hall–Kier alpha value is -6.50. The molecule has 3 aromatic carbocycles. The highest BCUT2D eigenvalue weighted by Crippen LogP contribution is 2.54. The van der Waals surface area contributed by atoms with Gasteiger partial charge in [0.25, 0.3) is 0 Å². The Kier molecular flexibility index (Phi) is 9.17. The van der Waals surface area contributed by atoms with E-state index in [9.17, 15) is 0 Å². The van der Waals surface area contributed by atoms with Gasteiger partial charge in [-0.3, -0.25) is 0 Å². The van der Waals surface area contributed by atoms with Crippen molar-refractivity contribution in [2.45, 2.75) is 57.8 Å². The van der Waals surface area contributed by atoms with Gasteiger partial charge in [-0.25, -0.2) is 0 Å². The van der Waals surface area contributed by atoms with E-state index in [2.05, 4.69) is 208 Å². The lowest BCUT2D eigenvalue weighted by Crippen LogP contribution is -2.42. The Balaban J connectivity index is 0.918. The molecule has 316 valence electrons. The van der Waals surface area contributed by atoms with E-state index in [0.717, 1.165) is 38.5 Å². The zero-order chi connectivity index (χ0) is 43.2. The summed E-state index contributed by atoms with van der Waals surface area (Å²) in [7, 11) is 0. The van der Waals surface area contributed by atoms with Crippen molar-refractivity contribution < 1.29 is 0 Å². The van der Waals surface area contributed by atoms with Gasteiger partial charge in [-0.2, -0.15) is 0 Å². The molecule has 0 heteroatoms. The second-order valence-electron chi connectivity index (χ2n) is 20.2. The van der Waals surface area contributed by atoms with Crippen molar-refractivity contribution in [1.82, 2.24) is 0 Å². The standard InChI is InChI=1S/C65H56/c1-65(2)59-31-17-16-22-48(59)49-37-36-44(40-60(49)65)63-52-25-10-8-23-50(52)62(51-24-9-11-26-53(51)63)43-34-32-41(33-35-43)45-38-39-58(47-21-7-6-20-46(45)47)64-56-29-14-12-27-54(56)61(42-18-4-3-5-19-42)55-28-13-15-30-57(55)64/h3-4,6-18,20-32,34,38-40,46-47,50,52,54,56H,5,19,33,35-37H2,1-2H3. The van der Waals surface area contributed by atoms with E-state index in [4.69, 9.17) is 0 Å². The average Bonchev–Trinajstić information content (AvgIpc) is 3.59. The van der Waals surface area contributed by atoms with Crippen LogP contribution in [0, 0.1) is 35.5 Å². The van der Waals surface area contributed by atoms with Crippen LogP contribution in [-0.2, 0) is 5.41 Å². The van der Waals surface area contributed by atoms with Crippen LogP contribution in [-0.4, -0.2) is 0 Å². The summed E-state index contributed by atoms with van der Waals surface area (Å²) in [6, 6.07) is 27.8. The predicted octanol–water partition coefficient (Wildman–Crippen LogP) is 12.3. The van der Waals surface area contributed by atoms with Gasteiger partial charge in [-0.05, 0) is 137 Å². The average molecular weight is 837 g/mol. The molecule has 6 unspecified atom stereocenters. The molecule has 13 rings (SSSR count). The van der Waals surface area contributed by atoms with Crippen LogP contribution in [0.2, 0.25) is 0 Å². The molecule has 0 radical (unpaired) electrons. The van der Waals surface area contributed by atoms with Crippen molar-refractivity contribution in [3.63, 3.8) is 0 Å².